The summed E-state index contributed by atoms with van der Waals surface area (Å²) in [6.45, 7) is 4.87. The minimum absolute atomic E-state index is 0.114. The Kier molecular flexibility index (Phi) is 4.19. The van der Waals surface area contributed by atoms with Gasteiger partial charge >= 0.3 is 0 Å². The maximum absolute atomic E-state index is 10.9. The van der Waals surface area contributed by atoms with E-state index in [1.165, 1.54) is 12.4 Å². The van der Waals surface area contributed by atoms with E-state index in [1.54, 1.807) is 0 Å². The second-order valence-corrected chi connectivity index (χ2v) is 3.72. The second kappa shape index (κ2) is 4.42. The van der Waals surface area contributed by atoms with Gasteiger partial charge in [0.25, 0.3) is 0 Å². The Labute approximate surface area is 72.7 Å². The average Bonchev–Trinajstić information content (AvgIpc) is 2.01. The predicted octanol–water partition coefficient (Wildman–Crippen LogP) is -0.666. The molecule has 0 fully saturated rings. The zero-order valence-electron chi connectivity index (χ0n) is 6.74. The summed E-state index contributed by atoms with van der Waals surface area (Å²) >= 11 is 0. The van der Waals surface area contributed by atoms with E-state index >= 15 is 0 Å². The van der Waals surface area contributed by atoms with Gasteiger partial charge in [-0.3, -0.25) is 10.0 Å². The summed E-state index contributed by atoms with van der Waals surface area (Å²) in [7, 11) is -2.64. The van der Waals surface area contributed by atoms with Crippen LogP contribution in [0.3, 0.4) is 0 Å². The number of hydroxylamine groups is 1. The van der Waals surface area contributed by atoms with E-state index in [-0.39, 0.29) is 12.2 Å². The fourth-order valence-corrected chi connectivity index (χ4v) is 1.56. The summed E-state index contributed by atoms with van der Waals surface area (Å²) in [5.74, 6) is -1.03. The molecule has 5 nitrogen and oxygen atoms in total. The molecule has 0 bridgehead atoms. The molecule has 0 heterocycles. The molecule has 1 radical (unpaired) electrons. The van der Waals surface area contributed by atoms with Gasteiger partial charge < -0.3 is 0 Å². The normalized spacial score (nSPS) is 15.7. The Hall–Kier alpha value is -0.620. The average molecular weight is 194 g/mol. The molecule has 0 aliphatic heterocycles. The van der Waals surface area contributed by atoms with E-state index in [0.717, 1.165) is 0 Å². The van der Waals surface area contributed by atoms with Gasteiger partial charge in [-0.2, -0.15) is 0 Å². The van der Waals surface area contributed by atoms with Gasteiger partial charge in [0.05, 0.1) is 11.2 Å². The Morgan fingerprint density at radius 2 is 2.17 bits per heavy atom. The van der Waals surface area contributed by atoms with Crippen LogP contribution in [0.5, 0.6) is 0 Å². The Morgan fingerprint density at radius 3 is 2.42 bits per heavy atom. The topological polar surface area (TPSA) is 83.5 Å². The molecule has 2 N–H and O–H groups in total. The van der Waals surface area contributed by atoms with Crippen LogP contribution < -0.4 is 5.48 Å². The third kappa shape index (κ3) is 2.78. The number of nitrogens with one attached hydrogen (secondary N) is 1. The van der Waals surface area contributed by atoms with E-state index < -0.39 is 22.0 Å². The first kappa shape index (κ1) is 11.4. The van der Waals surface area contributed by atoms with E-state index in [0.29, 0.717) is 0 Å². The Morgan fingerprint density at radius 1 is 1.67 bits per heavy atom. The summed E-state index contributed by atoms with van der Waals surface area (Å²) in [6, 6.07) is 0. The van der Waals surface area contributed by atoms with Crippen molar-refractivity contribution in [1.82, 2.24) is 5.48 Å². The molecule has 0 spiro atoms. The minimum atomic E-state index is -2.64. The number of amides is 1. The Balaban J connectivity index is 4.54. The largest absolute Gasteiger partial charge is 0.289 e. The van der Waals surface area contributed by atoms with Crippen molar-refractivity contribution in [2.75, 3.05) is 5.75 Å². The first-order valence-corrected chi connectivity index (χ1v) is 4.68. The minimum Gasteiger partial charge on any atom is -0.289 e. The van der Waals surface area contributed by atoms with Crippen LogP contribution >= 0.6 is 0 Å². The number of carbonyl (C=O) groups is 1. The maximum atomic E-state index is 10.9. The zero-order chi connectivity index (χ0) is 9.78. The molecule has 0 aromatic carbocycles. The summed E-state index contributed by atoms with van der Waals surface area (Å²) in [5, 5.41) is 8.29. The number of hydrogen-bond acceptors (Lipinski definition) is 4. The molecular formula is C6H12NO4S. The molecule has 0 aromatic heterocycles. The summed E-state index contributed by atoms with van der Waals surface area (Å²) in [6.07, 6.45) is 0.114. The van der Waals surface area contributed by atoms with Crippen LogP contribution in [0.2, 0.25) is 0 Å². The van der Waals surface area contributed by atoms with Gasteiger partial charge in [0, 0.05) is 0 Å². The van der Waals surface area contributed by atoms with Crippen LogP contribution in [0.25, 0.3) is 0 Å². The summed E-state index contributed by atoms with van der Waals surface area (Å²) in [4.78, 5) is 10.9. The van der Waals surface area contributed by atoms with Gasteiger partial charge in [0.1, 0.15) is 10.7 Å². The van der Waals surface area contributed by atoms with Crippen molar-refractivity contribution < 1.29 is 18.4 Å². The van der Waals surface area contributed by atoms with Crippen molar-refractivity contribution in [2.24, 2.45) is 5.41 Å². The van der Waals surface area contributed by atoms with Crippen molar-refractivity contribution in [1.29, 1.82) is 0 Å². The van der Waals surface area contributed by atoms with Crippen molar-refractivity contribution >= 4 is 16.6 Å². The van der Waals surface area contributed by atoms with Gasteiger partial charge in [-0.25, -0.2) is 13.9 Å². The number of thiol groups is 1. The quantitative estimate of drug-likeness (QED) is 0.315. The highest BCUT2D eigenvalue weighted by Gasteiger charge is 2.32. The van der Waals surface area contributed by atoms with Crippen molar-refractivity contribution in [3.63, 3.8) is 0 Å². The van der Waals surface area contributed by atoms with Crippen molar-refractivity contribution in [3.8, 4) is 0 Å². The molecule has 6 heteroatoms. The molecule has 12 heavy (non-hydrogen) atoms. The van der Waals surface area contributed by atoms with Crippen LogP contribution in [0, 0.1) is 12.3 Å². The van der Waals surface area contributed by atoms with E-state index in [4.69, 9.17) is 5.21 Å². The van der Waals surface area contributed by atoms with E-state index in [1.807, 2.05) is 0 Å². The fraction of sp³-hybridized carbons (Fsp3) is 0.667. The predicted molar refractivity (Wildman–Crippen MR) is 43.2 cm³/mol. The van der Waals surface area contributed by atoms with Crippen LogP contribution in [0.1, 0.15) is 13.3 Å². The van der Waals surface area contributed by atoms with E-state index in [2.05, 4.69) is 6.92 Å². The molecule has 0 rings (SSSR count). The molecule has 1 unspecified atom stereocenters. The lowest BCUT2D eigenvalue weighted by Crippen LogP contribution is -2.39. The van der Waals surface area contributed by atoms with Gasteiger partial charge in [-0.1, -0.05) is 6.92 Å². The maximum Gasteiger partial charge on any atom is 0.250 e. The molecule has 1 amide bonds. The summed E-state index contributed by atoms with van der Waals surface area (Å²) in [5.41, 5.74) is 0.281. The highest BCUT2D eigenvalue weighted by Crippen LogP contribution is 2.20. The van der Waals surface area contributed by atoms with E-state index in [9.17, 15) is 13.2 Å². The lowest BCUT2D eigenvalue weighted by Gasteiger charge is -2.21. The first-order valence-electron chi connectivity index (χ1n) is 3.32. The smallest absolute Gasteiger partial charge is 0.250 e. The molecule has 71 valence electrons. The van der Waals surface area contributed by atoms with Gasteiger partial charge in [0.15, 0.2) is 0 Å². The van der Waals surface area contributed by atoms with Crippen LogP contribution in [-0.2, 0) is 15.5 Å². The molecule has 0 aliphatic carbocycles. The highest BCUT2D eigenvalue weighted by atomic mass is 32.2. The van der Waals surface area contributed by atoms with Crippen molar-refractivity contribution in [2.45, 2.75) is 13.3 Å². The molecule has 0 saturated carbocycles. The monoisotopic (exact) mass is 194 g/mol. The van der Waals surface area contributed by atoms with Crippen LogP contribution in [-0.4, -0.2) is 25.3 Å². The molecule has 0 aromatic rings. The molecule has 0 saturated heterocycles. The number of carbonyl (C=O) groups excluding carboxylic acids is 1. The first-order chi connectivity index (χ1) is 5.46. The van der Waals surface area contributed by atoms with Gasteiger partial charge in [-0.05, 0) is 13.3 Å². The molecular weight excluding hydrogens is 182 g/mol. The second-order valence-electron chi connectivity index (χ2n) is 2.74. The lowest BCUT2D eigenvalue weighted by molar-refractivity contribution is -0.137. The fourth-order valence-electron chi connectivity index (χ4n) is 0.684. The van der Waals surface area contributed by atoms with Gasteiger partial charge in [-0.15, -0.1) is 0 Å². The zero-order valence-corrected chi connectivity index (χ0v) is 7.63. The van der Waals surface area contributed by atoms with Crippen molar-refractivity contribution in [3.05, 3.63) is 6.92 Å². The summed E-state index contributed by atoms with van der Waals surface area (Å²) < 4.78 is 20.7. The van der Waals surface area contributed by atoms with Crippen LogP contribution in [0.4, 0.5) is 0 Å². The number of rotatable bonds is 4. The van der Waals surface area contributed by atoms with Crippen LogP contribution in [0.15, 0.2) is 0 Å². The lowest BCUT2D eigenvalue weighted by atomic mass is 9.89. The highest BCUT2D eigenvalue weighted by molar-refractivity contribution is 7.72. The molecule has 0 aliphatic rings. The number of hydrogen-bond donors (Lipinski definition) is 3. The third-order valence-corrected chi connectivity index (χ3v) is 2.64. The van der Waals surface area contributed by atoms with Gasteiger partial charge in [0.2, 0.25) is 5.91 Å². The third-order valence-electron chi connectivity index (χ3n) is 1.68. The SMILES string of the molecule is [CH2]CC(C)(C[SH](=O)=O)C(=O)NO. The molecule has 1 atom stereocenters. The Bertz CT molecular complexity index is 230. The standard InChI is InChI=1S/C6H12NO4S/c1-3-6(2,4-12(10)11)5(8)7-9/h9,12H,1,3-4H2,2H3,(H,7,8).